The van der Waals surface area contributed by atoms with Crippen molar-refractivity contribution in [3.63, 3.8) is 0 Å². The number of fused-ring (bicyclic) bond motifs is 1. The fraction of sp³-hybridized carbons (Fsp3) is 0.261. The molecule has 1 N–H and O–H groups in total. The van der Waals surface area contributed by atoms with Crippen molar-refractivity contribution in [2.45, 2.75) is 25.9 Å². The predicted octanol–water partition coefficient (Wildman–Crippen LogP) is 4.66. The standard InChI is InChI=1S/C23H20F3N3O4S/c1-11-15(20(30)32-3)17(16(12(2)27-11)21(31)33-4)19-18(28-22-29(19)8-9-34-22)13-6-5-7-14(10-13)23(24,25)26/h5-10,17,27H,1-4H3. The van der Waals surface area contributed by atoms with Gasteiger partial charge in [-0.3, -0.25) is 4.40 Å². The quantitative estimate of drug-likeness (QED) is 0.535. The van der Waals surface area contributed by atoms with E-state index in [9.17, 15) is 22.8 Å². The first-order chi connectivity index (χ1) is 16.1. The molecule has 0 aliphatic carbocycles. The predicted molar refractivity (Wildman–Crippen MR) is 119 cm³/mol. The molecule has 0 unspecified atom stereocenters. The molecule has 0 spiro atoms. The topological polar surface area (TPSA) is 81.9 Å². The van der Waals surface area contributed by atoms with Gasteiger partial charge in [-0.05, 0) is 26.0 Å². The molecule has 0 fully saturated rings. The molecule has 34 heavy (non-hydrogen) atoms. The summed E-state index contributed by atoms with van der Waals surface area (Å²) in [7, 11) is 2.43. The van der Waals surface area contributed by atoms with Gasteiger partial charge >= 0.3 is 18.1 Å². The van der Waals surface area contributed by atoms with Crippen molar-refractivity contribution < 1.29 is 32.2 Å². The van der Waals surface area contributed by atoms with E-state index in [0.717, 1.165) is 12.1 Å². The second-order valence-corrected chi connectivity index (χ2v) is 8.47. The SMILES string of the molecule is COC(=O)C1=C(C)NC(C)=C(C(=O)OC)C1c1c(-c2cccc(C(F)(F)F)c2)nc2sccn12. The van der Waals surface area contributed by atoms with Crippen molar-refractivity contribution >= 4 is 28.2 Å². The third-order valence-corrected chi connectivity index (χ3v) is 6.36. The summed E-state index contributed by atoms with van der Waals surface area (Å²) in [5.74, 6) is -2.39. The van der Waals surface area contributed by atoms with Gasteiger partial charge in [0.1, 0.15) is 0 Å². The summed E-state index contributed by atoms with van der Waals surface area (Å²) in [5.41, 5.74) is 1.10. The van der Waals surface area contributed by atoms with E-state index in [1.807, 2.05) is 0 Å². The third kappa shape index (κ3) is 3.85. The number of nitrogens with one attached hydrogen (secondary N) is 1. The fourth-order valence-electron chi connectivity index (χ4n) is 4.16. The highest BCUT2D eigenvalue weighted by Gasteiger charge is 2.41. The van der Waals surface area contributed by atoms with Gasteiger partial charge in [-0.15, -0.1) is 11.3 Å². The van der Waals surface area contributed by atoms with Gasteiger partial charge in [0.2, 0.25) is 0 Å². The number of dihydropyridines is 1. The zero-order chi connectivity index (χ0) is 24.8. The highest BCUT2D eigenvalue weighted by atomic mass is 32.1. The summed E-state index contributed by atoms with van der Waals surface area (Å²) in [6, 6.07) is 4.78. The molecule has 0 atom stereocenters. The van der Waals surface area contributed by atoms with Crippen LogP contribution < -0.4 is 5.32 Å². The lowest BCUT2D eigenvalue weighted by atomic mass is 9.81. The van der Waals surface area contributed by atoms with E-state index in [2.05, 4.69) is 10.3 Å². The molecule has 1 aromatic carbocycles. The molecular weight excluding hydrogens is 471 g/mol. The van der Waals surface area contributed by atoms with Gasteiger partial charge < -0.3 is 14.8 Å². The number of nitrogens with zero attached hydrogens (tertiary/aromatic N) is 2. The van der Waals surface area contributed by atoms with Crippen molar-refractivity contribution in [2.24, 2.45) is 0 Å². The third-order valence-electron chi connectivity index (χ3n) is 5.61. The molecule has 0 saturated carbocycles. The van der Waals surface area contributed by atoms with Gasteiger partial charge in [0.25, 0.3) is 0 Å². The first-order valence-corrected chi connectivity index (χ1v) is 10.9. The minimum Gasteiger partial charge on any atom is -0.466 e. The van der Waals surface area contributed by atoms with Crippen molar-refractivity contribution in [3.8, 4) is 11.3 Å². The van der Waals surface area contributed by atoms with Gasteiger partial charge in [0.15, 0.2) is 4.96 Å². The Bertz CT molecular complexity index is 1330. The Morgan fingerprint density at radius 2 is 1.71 bits per heavy atom. The largest absolute Gasteiger partial charge is 0.466 e. The molecule has 0 bridgehead atoms. The number of benzene rings is 1. The van der Waals surface area contributed by atoms with Crippen molar-refractivity contribution in [2.75, 3.05) is 14.2 Å². The maximum Gasteiger partial charge on any atom is 0.416 e. The number of hydrogen-bond donors (Lipinski definition) is 1. The van der Waals surface area contributed by atoms with E-state index in [1.165, 1.54) is 37.7 Å². The Labute approximate surface area is 196 Å². The monoisotopic (exact) mass is 491 g/mol. The highest BCUT2D eigenvalue weighted by Crippen LogP contribution is 2.44. The average molecular weight is 491 g/mol. The van der Waals surface area contributed by atoms with Crippen LogP contribution in [0.2, 0.25) is 0 Å². The van der Waals surface area contributed by atoms with Crippen LogP contribution in [-0.2, 0) is 25.2 Å². The molecule has 1 aliphatic rings. The van der Waals surface area contributed by atoms with E-state index in [1.54, 1.807) is 29.8 Å². The highest BCUT2D eigenvalue weighted by molar-refractivity contribution is 7.15. The number of carbonyl (C=O) groups excluding carboxylic acids is 2. The van der Waals surface area contributed by atoms with Crippen LogP contribution in [0.25, 0.3) is 16.2 Å². The van der Waals surface area contributed by atoms with Crippen LogP contribution in [0.15, 0.2) is 58.4 Å². The number of carbonyl (C=O) groups is 2. The Morgan fingerprint density at radius 1 is 1.09 bits per heavy atom. The molecule has 2 aromatic heterocycles. The van der Waals surface area contributed by atoms with Crippen LogP contribution in [-0.4, -0.2) is 35.5 Å². The number of ether oxygens (including phenoxy) is 2. The summed E-state index contributed by atoms with van der Waals surface area (Å²) in [4.78, 5) is 30.8. The number of aromatic nitrogens is 2. The van der Waals surface area contributed by atoms with Crippen molar-refractivity contribution in [1.29, 1.82) is 0 Å². The van der Waals surface area contributed by atoms with Crippen LogP contribution in [0.4, 0.5) is 13.2 Å². The number of halogens is 3. The lowest BCUT2D eigenvalue weighted by molar-refractivity contribution is -0.138. The maximum atomic E-state index is 13.4. The smallest absolute Gasteiger partial charge is 0.416 e. The average Bonchev–Trinajstić information content (AvgIpc) is 3.38. The van der Waals surface area contributed by atoms with Gasteiger partial charge in [-0.2, -0.15) is 13.2 Å². The van der Waals surface area contributed by atoms with Gasteiger partial charge in [-0.1, -0.05) is 12.1 Å². The summed E-state index contributed by atoms with van der Waals surface area (Å²) in [6.07, 6.45) is -2.86. The molecule has 178 valence electrons. The minimum atomic E-state index is -4.55. The number of methoxy groups -OCH3 is 2. The van der Waals surface area contributed by atoms with E-state index in [0.29, 0.717) is 22.0 Å². The molecule has 1 aliphatic heterocycles. The normalized spacial score (nSPS) is 15.0. The van der Waals surface area contributed by atoms with Crippen LogP contribution in [0.3, 0.4) is 0 Å². The molecule has 0 radical (unpaired) electrons. The molecule has 0 saturated heterocycles. The number of imidazole rings is 1. The lowest BCUT2D eigenvalue weighted by Crippen LogP contribution is -2.32. The second-order valence-electron chi connectivity index (χ2n) is 7.60. The zero-order valence-corrected chi connectivity index (χ0v) is 19.4. The number of thiazole rings is 1. The molecule has 11 heteroatoms. The number of alkyl halides is 3. The van der Waals surface area contributed by atoms with Crippen LogP contribution in [0.1, 0.15) is 31.0 Å². The number of allylic oxidation sites excluding steroid dienone is 2. The van der Waals surface area contributed by atoms with E-state index < -0.39 is 29.6 Å². The van der Waals surface area contributed by atoms with E-state index in [-0.39, 0.29) is 22.4 Å². The molecule has 3 heterocycles. The first-order valence-electron chi connectivity index (χ1n) is 10.1. The van der Waals surface area contributed by atoms with Crippen LogP contribution in [0.5, 0.6) is 0 Å². The van der Waals surface area contributed by atoms with Gasteiger partial charge in [0, 0.05) is 28.5 Å². The Hall–Kier alpha value is -3.60. The summed E-state index contributed by atoms with van der Waals surface area (Å²) >= 11 is 1.27. The Kier molecular flexibility index (Phi) is 5.98. The summed E-state index contributed by atoms with van der Waals surface area (Å²) < 4.78 is 52.0. The minimum absolute atomic E-state index is 0.134. The fourth-order valence-corrected chi connectivity index (χ4v) is 4.88. The number of hydrogen-bond acceptors (Lipinski definition) is 7. The first kappa shape index (κ1) is 23.6. The lowest BCUT2D eigenvalue weighted by Gasteiger charge is -2.30. The summed E-state index contributed by atoms with van der Waals surface area (Å²) in [6.45, 7) is 3.32. The zero-order valence-electron chi connectivity index (χ0n) is 18.6. The van der Waals surface area contributed by atoms with E-state index in [4.69, 9.17) is 9.47 Å². The van der Waals surface area contributed by atoms with Gasteiger partial charge in [-0.25, -0.2) is 14.6 Å². The van der Waals surface area contributed by atoms with Gasteiger partial charge in [0.05, 0.1) is 48.2 Å². The van der Waals surface area contributed by atoms with Crippen LogP contribution in [0, 0.1) is 0 Å². The molecule has 4 rings (SSSR count). The summed E-state index contributed by atoms with van der Waals surface area (Å²) in [5, 5.41) is 4.77. The molecule has 7 nitrogen and oxygen atoms in total. The van der Waals surface area contributed by atoms with E-state index >= 15 is 0 Å². The molecule has 3 aromatic rings. The maximum absolute atomic E-state index is 13.4. The van der Waals surface area contributed by atoms with Crippen molar-refractivity contribution in [3.05, 3.63) is 69.6 Å². The Balaban J connectivity index is 2.06. The van der Waals surface area contributed by atoms with Crippen LogP contribution >= 0.6 is 11.3 Å². The number of rotatable bonds is 4. The Morgan fingerprint density at radius 3 is 2.26 bits per heavy atom. The second kappa shape index (κ2) is 8.64. The molecular formula is C23H20F3N3O4S. The molecule has 0 amide bonds. The number of esters is 2. The van der Waals surface area contributed by atoms with Crippen molar-refractivity contribution in [1.82, 2.24) is 14.7 Å².